The van der Waals surface area contributed by atoms with Crippen molar-refractivity contribution >= 4 is 28.9 Å². The highest BCUT2D eigenvalue weighted by Crippen LogP contribution is 2.30. The van der Waals surface area contributed by atoms with Crippen LogP contribution < -0.4 is 5.73 Å². The van der Waals surface area contributed by atoms with Crippen molar-refractivity contribution in [3.8, 4) is 22.8 Å². The zero-order valence-corrected chi connectivity index (χ0v) is 12.6. The second-order valence-corrected chi connectivity index (χ2v) is 5.46. The monoisotopic (exact) mass is 319 g/mol. The Bertz CT molecular complexity index is 814. The maximum absolute atomic E-state index is 6.14. The van der Waals surface area contributed by atoms with Gasteiger partial charge in [-0.25, -0.2) is 0 Å². The summed E-state index contributed by atoms with van der Waals surface area (Å²) in [5.74, 6) is 0.834. The zero-order valence-electron chi connectivity index (χ0n) is 11.1. The molecule has 0 unspecified atom stereocenters. The lowest BCUT2D eigenvalue weighted by atomic mass is 10.1. The number of nitrogen functional groups attached to an aromatic ring is 1. The van der Waals surface area contributed by atoms with Crippen molar-refractivity contribution in [1.29, 1.82) is 0 Å². The van der Waals surface area contributed by atoms with Gasteiger partial charge in [-0.2, -0.15) is 4.98 Å². The molecule has 2 N–H and O–H groups in total. The Morgan fingerprint density at radius 2 is 1.90 bits per heavy atom. The lowest BCUT2D eigenvalue weighted by Gasteiger charge is -2.00. The Hall–Kier alpha value is -2.04. The molecule has 0 amide bonds. The van der Waals surface area contributed by atoms with Crippen molar-refractivity contribution < 1.29 is 4.52 Å². The molecule has 21 heavy (non-hydrogen) atoms. The van der Waals surface area contributed by atoms with Gasteiger partial charge in [-0.1, -0.05) is 28.4 Å². The maximum atomic E-state index is 6.14. The van der Waals surface area contributed by atoms with Gasteiger partial charge < -0.3 is 10.3 Å². The smallest absolute Gasteiger partial charge is 0.259 e. The predicted molar refractivity (Wildman–Crippen MR) is 84.3 cm³/mol. The molecule has 0 bridgehead atoms. The first kappa shape index (κ1) is 13.9. The number of anilines is 1. The maximum Gasteiger partial charge on any atom is 0.259 e. The fourth-order valence-corrected chi connectivity index (χ4v) is 2.42. The minimum atomic E-state index is 0.348. The van der Waals surface area contributed by atoms with E-state index in [9.17, 15) is 0 Å². The number of rotatable bonds is 2. The fourth-order valence-electron chi connectivity index (χ4n) is 1.93. The molecule has 0 atom stereocenters. The Balaban J connectivity index is 2.01. The first-order chi connectivity index (χ1) is 10.0. The third-order valence-electron chi connectivity index (χ3n) is 3.12. The molecule has 2 aromatic carbocycles. The van der Waals surface area contributed by atoms with E-state index in [0.29, 0.717) is 27.3 Å². The topological polar surface area (TPSA) is 64.9 Å². The molecule has 0 radical (unpaired) electrons. The van der Waals surface area contributed by atoms with Gasteiger partial charge in [0.05, 0.1) is 10.6 Å². The van der Waals surface area contributed by atoms with Gasteiger partial charge in [0.25, 0.3) is 5.89 Å². The second-order valence-electron chi connectivity index (χ2n) is 4.62. The number of hydrogen-bond acceptors (Lipinski definition) is 4. The van der Waals surface area contributed by atoms with Crippen molar-refractivity contribution in [3.05, 3.63) is 52.0 Å². The number of halogens is 2. The molecule has 106 valence electrons. The number of nitrogens with zero attached hydrogens (tertiary/aromatic N) is 2. The van der Waals surface area contributed by atoms with Crippen molar-refractivity contribution in [2.75, 3.05) is 5.73 Å². The van der Waals surface area contributed by atoms with E-state index in [2.05, 4.69) is 10.1 Å². The Morgan fingerprint density at radius 1 is 1.10 bits per heavy atom. The van der Waals surface area contributed by atoms with Crippen LogP contribution >= 0.6 is 23.2 Å². The lowest BCUT2D eigenvalue weighted by Crippen LogP contribution is -1.90. The van der Waals surface area contributed by atoms with Crippen LogP contribution in [0.5, 0.6) is 0 Å². The summed E-state index contributed by atoms with van der Waals surface area (Å²) >= 11 is 12.0. The SMILES string of the molecule is Cc1cc(-c2noc(-c3ccc(Cl)cc3Cl)n2)ccc1N. The molecule has 0 saturated carbocycles. The molecule has 0 aliphatic heterocycles. The Morgan fingerprint density at radius 3 is 2.62 bits per heavy atom. The summed E-state index contributed by atoms with van der Waals surface area (Å²) in [6, 6.07) is 10.7. The van der Waals surface area contributed by atoms with Crippen LogP contribution in [-0.2, 0) is 0 Å². The van der Waals surface area contributed by atoms with Crippen LogP contribution in [0, 0.1) is 6.92 Å². The van der Waals surface area contributed by atoms with Crippen LogP contribution in [0.1, 0.15) is 5.56 Å². The average molecular weight is 320 g/mol. The molecule has 3 aromatic rings. The summed E-state index contributed by atoms with van der Waals surface area (Å²) in [6.07, 6.45) is 0. The van der Waals surface area contributed by atoms with E-state index in [0.717, 1.165) is 16.8 Å². The molecule has 3 rings (SSSR count). The molecule has 0 saturated heterocycles. The highest BCUT2D eigenvalue weighted by molar-refractivity contribution is 6.36. The summed E-state index contributed by atoms with van der Waals surface area (Å²) in [5.41, 5.74) is 8.97. The van der Waals surface area contributed by atoms with Gasteiger partial charge in [-0.15, -0.1) is 0 Å². The van der Waals surface area contributed by atoms with Gasteiger partial charge in [0.2, 0.25) is 5.82 Å². The number of aromatic nitrogens is 2. The second kappa shape index (κ2) is 5.39. The number of hydrogen-bond donors (Lipinski definition) is 1. The molecular weight excluding hydrogens is 309 g/mol. The van der Waals surface area contributed by atoms with Crippen LogP contribution in [-0.4, -0.2) is 10.1 Å². The lowest BCUT2D eigenvalue weighted by molar-refractivity contribution is 0.432. The molecule has 1 aromatic heterocycles. The third-order valence-corrected chi connectivity index (χ3v) is 3.66. The van der Waals surface area contributed by atoms with Crippen LogP contribution in [0.4, 0.5) is 5.69 Å². The largest absolute Gasteiger partial charge is 0.399 e. The van der Waals surface area contributed by atoms with Gasteiger partial charge in [0.1, 0.15) is 0 Å². The molecule has 1 heterocycles. The van der Waals surface area contributed by atoms with Crippen LogP contribution in [0.2, 0.25) is 10.0 Å². The van der Waals surface area contributed by atoms with Crippen LogP contribution in [0.3, 0.4) is 0 Å². The van der Waals surface area contributed by atoms with Crippen molar-refractivity contribution in [2.45, 2.75) is 6.92 Å². The Labute approximate surface area is 131 Å². The van der Waals surface area contributed by atoms with Crippen LogP contribution in [0.15, 0.2) is 40.9 Å². The minimum Gasteiger partial charge on any atom is -0.399 e. The normalized spacial score (nSPS) is 10.8. The van der Waals surface area contributed by atoms with Gasteiger partial charge in [-0.05, 0) is 48.9 Å². The van der Waals surface area contributed by atoms with E-state index < -0.39 is 0 Å². The highest BCUT2D eigenvalue weighted by Gasteiger charge is 2.14. The number of aryl methyl sites for hydroxylation is 1. The Kier molecular flexibility index (Phi) is 3.57. The van der Waals surface area contributed by atoms with Crippen molar-refractivity contribution in [2.24, 2.45) is 0 Å². The van der Waals surface area contributed by atoms with Gasteiger partial charge in [0, 0.05) is 16.3 Å². The molecule has 0 fully saturated rings. The summed E-state index contributed by atoms with van der Waals surface area (Å²) in [5, 5.41) is 5.00. The van der Waals surface area contributed by atoms with Crippen molar-refractivity contribution in [1.82, 2.24) is 10.1 Å². The third kappa shape index (κ3) is 2.73. The average Bonchev–Trinajstić information content (AvgIpc) is 2.91. The van der Waals surface area contributed by atoms with E-state index >= 15 is 0 Å². The number of benzene rings is 2. The van der Waals surface area contributed by atoms with E-state index in [4.69, 9.17) is 33.5 Å². The summed E-state index contributed by atoms with van der Waals surface area (Å²) in [4.78, 5) is 4.37. The van der Waals surface area contributed by atoms with Gasteiger partial charge >= 0.3 is 0 Å². The highest BCUT2D eigenvalue weighted by atomic mass is 35.5. The molecular formula is C15H11Cl2N3O. The van der Waals surface area contributed by atoms with Gasteiger partial charge in [0.15, 0.2) is 0 Å². The fraction of sp³-hybridized carbons (Fsp3) is 0.0667. The quantitative estimate of drug-likeness (QED) is 0.701. The minimum absolute atomic E-state index is 0.348. The molecule has 0 spiro atoms. The number of nitrogens with two attached hydrogens (primary N) is 1. The predicted octanol–water partition coefficient (Wildman–Crippen LogP) is 4.60. The van der Waals surface area contributed by atoms with E-state index in [-0.39, 0.29) is 0 Å². The first-order valence-corrected chi connectivity index (χ1v) is 6.96. The first-order valence-electron chi connectivity index (χ1n) is 6.20. The molecule has 6 heteroatoms. The molecule has 0 aliphatic rings. The van der Waals surface area contributed by atoms with Crippen molar-refractivity contribution in [3.63, 3.8) is 0 Å². The van der Waals surface area contributed by atoms with E-state index in [1.54, 1.807) is 18.2 Å². The standard InChI is InChI=1S/C15H11Cl2N3O/c1-8-6-9(2-5-13(8)18)14-19-15(21-20-14)11-4-3-10(16)7-12(11)17/h2-7H,18H2,1H3. The summed E-state index contributed by atoms with van der Waals surface area (Å²) < 4.78 is 5.28. The summed E-state index contributed by atoms with van der Waals surface area (Å²) in [7, 11) is 0. The zero-order chi connectivity index (χ0) is 15.0. The summed E-state index contributed by atoms with van der Waals surface area (Å²) in [6.45, 7) is 1.93. The van der Waals surface area contributed by atoms with E-state index in [1.165, 1.54) is 0 Å². The molecule has 0 aliphatic carbocycles. The molecule has 4 nitrogen and oxygen atoms in total. The van der Waals surface area contributed by atoms with Crippen LogP contribution in [0.25, 0.3) is 22.8 Å². The van der Waals surface area contributed by atoms with E-state index in [1.807, 2.05) is 25.1 Å². The van der Waals surface area contributed by atoms with Gasteiger partial charge in [-0.3, -0.25) is 0 Å².